The average molecular weight is 90.1 g/mol. The van der Waals surface area contributed by atoms with Crippen LogP contribution in [0.15, 0.2) is 0 Å². The zero-order valence-corrected chi connectivity index (χ0v) is 3.51. The maximum atomic E-state index is 4.60. The molecule has 1 rings (SSSR count). The predicted octanol–water partition coefficient (Wildman–Crippen LogP) is -0.0793. The highest BCUT2D eigenvalue weighted by atomic mass is 17.2. The molecule has 1 aliphatic rings. The van der Waals surface area contributed by atoms with E-state index in [-0.39, 0.29) is 6.29 Å². The molecule has 1 aliphatic heterocycles. The van der Waals surface area contributed by atoms with Crippen molar-refractivity contribution in [1.82, 2.24) is 0 Å². The Kier molecular flexibility index (Phi) is 1.05. The van der Waals surface area contributed by atoms with Gasteiger partial charge in [-0.3, -0.25) is 0 Å². The van der Waals surface area contributed by atoms with Crippen LogP contribution >= 0.6 is 0 Å². The van der Waals surface area contributed by atoms with Gasteiger partial charge < -0.3 is 4.74 Å². The number of epoxide rings is 1. The van der Waals surface area contributed by atoms with Crippen LogP contribution in [0, 0.1) is 0 Å². The van der Waals surface area contributed by atoms with Gasteiger partial charge in [-0.05, 0) is 0 Å². The van der Waals surface area contributed by atoms with Gasteiger partial charge in [0.05, 0.1) is 7.11 Å². The fraction of sp³-hybridized carbons (Fsp3) is 1.00. The van der Waals surface area contributed by atoms with Crippen LogP contribution in [0.4, 0.5) is 0 Å². The minimum absolute atomic E-state index is 0.0741. The van der Waals surface area contributed by atoms with E-state index in [0.717, 1.165) is 0 Å². The second-order valence-corrected chi connectivity index (χ2v) is 1.03. The normalized spacial score (nSPS) is 30.5. The topological polar surface area (TPSA) is 31.0 Å². The highest BCUT2D eigenvalue weighted by Gasteiger charge is 2.23. The molecule has 1 heterocycles. The lowest BCUT2D eigenvalue weighted by atomic mass is 10.9. The summed E-state index contributed by atoms with van der Waals surface area (Å²) in [5.74, 6) is 0. The van der Waals surface area contributed by atoms with Gasteiger partial charge in [0.25, 0.3) is 0 Å². The zero-order valence-electron chi connectivity index (χ0n) is 3.51. The summed E-state index contributed by atoms with van der Waals surface area (Å²) in [5.41, 5.74) is 0. The van der Waals surface area contributed by atoms with Crippen molar-refractivity contribution in [3.05, 3.63) is 0 Å². The first-order valence-corrected chi connectivity index (χ1v) is 1.74. The van der Waals surface area contributed by atoms with Crippen molar-refractivity contribution in [2.24, 2.45) is 0 Å². The van der Waals surface area contributed by atoms with Gasteiger partial charge in [0.2, 0.25) is 6.29 Å². The van der Waals surface area contributed by atoms with Crippen LogP contribution < -0.4 is 0 Å². The van der Waals surface area contributed by atoms with E-state index in [1.54, 1.807) is 0 Å². The summed E-state index contributed by atoms with van der Waals surface area (Å²) in [5, 5.41) is 0. The smallest absolute Gasteiger partial charge is 0.215 e. The number of hydrogen-bond acceptors (Lipinski definition) is 3. The van der Waals surface area contributed by atoms with Crippen LogP contribution in [-0.4, -0.2) is 20.0 Å². The Balaban J connectivity index is 1.88. The second kappa shape index (κ2) is 1.55. The van der Waals surface area contributed by atoms with Gasteiger partial charge in [-0.2, -0.15) is 0 Å². The van der Waals surface area contributed by atoms with E-state index >= 15 is 0 Å². The molecule has 0 aromatic rings. The summed E-state index contributed by atoms with van der Waals surface area (Å²) in [6.45, 7) is 0.674. The Morgan fingerprint density at radius 1 is 1.83 bits per heavy atom. The minimum atomic E-state index is -0.0741. The maximum Gasteiger partial charge on any atom is 0.215 e. The molecule has 0 saturated carbocycles. The van der Waals surface area contributed by atoms with Crippen molar-refractivity contribution in [2.75, 3.05) is 13.7 Å². The molecule has 0 bridgehead atoms. The van der Waals surface area contributed by atoms with Gasteiger partial charge in [-0.1, -0.05) is 0 Å². The molecular weight excluding hydrogens is 84.0 g/mol. The largest absolute Gasteiger partial charge is 0.342 e. The Hall–Kier alpha value is -0.120. The standard InChI is InChI=1S/C3H6O3/c1-4-6-3-2-5-3/h3H,2H2,1H3. The van der Waals surface area contributed by atoms with E-state index in [1.165, 1.54) is 7.11 Å². The molecular formula is C3H6O3. The quantitative estimate of drug-likeness (QED) is 0.270. The van der Waals surface area contributed by atoms with Crippen LogP contribution in [0.3, 0.4) is 0 Å². The summed E-state index contributed by atoms with van der Waals surface area (Å²) >= 11 is 0. The molecule has 3 nitrogen and oxygen atoms in total. The molecule has 1 saturated heterocycles. The Morgan fingerprint density at radius 3 is 2.67 bits per heavy atom. The molecule has 0 aromatic heterocycles. The van der Waals surface area contributed by atoms with Gasteiger partial charge in [-0.25, -0.2) is 9.78 Å². The highest BCUT2D eigenvalue weighted by Crippen LogP contribution is 2.08. The lowest BCUT2D eigenvalue weighted by Gasteiger charge is -1.86. The van der Waals surface area contributed by atoms with Crippen molar-refractivity contribution in [2.45, 2.75) is 6.29 Å². The van der Waals surface area contributed by atoms with Crippen molar-refractivity contribution < 1.29 is 14.5 Å². The molecule has 0 aliphatic carbocycles. The molecule has 0 aromatic carbocycles. The van der Waals surface area contributed by atoms with E-state index in [1.807, 2.05) is 0 Å². The molecule has 1 fully saturated rings. The first-order valence-electron chi connectivity index (χ1n) is 1.74. The molecule has 6 heavy (non-hydrogen) atoms. The summed E-state index contributed by atoms with van der Waals surface area (Å²) in [6, 6.07) is 0. The van der Waals surface area contributed by atoms with Gasteiger partial charge >= 0.3 is 0 Å². The molecule has 0 amide bonds. The monoisotopic (exact) mass is 90.0 g/mol. The fourth-order valence-electron chi connectivity index (χ4n) is 0.202. The van der Waals surface area contributed by atoms with Crippen molar-refractivity contribution in [3.63, 3.8) is 0 Å². The Labute approximate surface area is 35.7 Å². The average Bonchev–Trinajstić information content (AvgIpc) is 2.21. The van der Waals surface area contributed by atoms with Crippen LogP contribution in [0.1, 0.15) is 0 Å². The van der Waals surface area contributed by atoms with Crippen LogP contribution in [0.2, 0.25) is 0 Å². The van der Waals surface area contributed by atoms with Gasteiger partial charge in [0.15, 0.2) is 0 Å². The molecule has 0 N–H and O–H groups in total. The first-order chi connectivity index (χ1) is 2.93. The molecule has 1 unspecified atom stereocenters. The van der Waals surface area contributed by atoms with E-state index in [2.05, 4.69) is 14.5 Å². The zero-order chi connectivity index (χ0) is 4.41. The fourth-order valence-corrected chi connectivity index (χ4v) is 0.202. The highest BCUT2D eigenvalue weighted by molar-refractivity contribution is 4.50. The number of rotatable bonds is 2. The van der Waals surface area contributed by atoms with Gasteiger partial charge in [0.1, 0.15) is 6.61 Å². The van der Waals surface area contributed by atoms with Crippen LogP contribution in [0.5, 0.6) is 0 Å². The van der Waals surface area contributed by atoms with Crippen molar-refractivity contribution in [1.29, 1.82) is 0 Å². The first kappa shape index (κ1) is 4.05. The van der Waals surface area contributed by atoms with Gasteiger partial charge in [0, 0.05) is 0 Å². The van der Waals surface area contributed by atoms with Crippen LogP contribution in [0.25, 0.3) is 0 Å². The summed E-state index contributed by atoms with van der Waals surface area (Å²) in [7, 11) is 1.46. The maximum absolute atomic E-state index is 4.60. The summed E-state index contributed by atoms with van der Waals surface area (Å²) in [4.78, 5) is 8.67. The third-order valence-electron chi connectivity index (χ3n) is 0.506. The molecule has 36 valence electrons. The Morgan fingerprint density at radius 2 is 2.50 bits per heavy atom. The summed E-state index contributed by atoms with van der Waals surface area (Å²) < 4.78 is 4.60. The molecule has 3 heteroatoms. The van der Waals surface area contributed by atoms with E-state index in [9.17, 15) is 0 Å². The lowest BCUT2D eigenvalue weighted by Crippen LogP contribution is -1.90. The van der Waals surface area contributed by atoms with Crippen molar-refractivity contribution in [3.8, 4) is 0 Å². The number of ether oxygens (including phenoxy) is 1. The van der Waals surface area contributed by atoms with Crippen LogP contribution in [-0.2, 0) is 14.5 Å². The molecule has 0 spiro atoms. The van der Waals surface area contributed by atoms with E-state index in [0.29, 0.717) is 6.61 Å². The third kappa shape index (κ3) is 0.931. The number of hydrogen-bond donors (Lipinski definition) is 0. The minimum Gasteiger partial charge on any atom is -0.342 e. The Bertz CT molecular complexity index is 41.3. The van der Waals surface area contributed by atoms with E-state index < -0.39 is 0 Å². The molecule has 1 atom stereocenters. The predicted molar refractivity (Wildman–Crippen MR) is 17.8 cm³/mol. The van der Waals surface area contributed by atoms with Gasteiger partial charge in [-0.15, -0.1) is 0 Å². The third-order valence-corrected chi connectivity index (χ3v) is 0.506. The molecule has 0 radical (unpaired) electrons. The second-order valence-electron chi connectivity index (χ2n) is 1.03. The SMILES string of the molecule is COOC1CO1. The van der Waals surface area contributed by atoms with E-state index in [4.69, 9.17) is 0 Å². The lowest BCUT2D eigenvalue weighted by molar-refractivity contribution is -0.299. The summed E-state index contributed by atoms with van der Waals surface area (Å²) in [6.07, 6.45) is -0.0741. The van der Waals surface area contributed by atoms with Crippen molar-refractivity contribution >= 4 is 0 Å².